The molecule has 0 heterocycles. The number of allylic oxidation sites excluding steroid dienone is 10. The minimum Gasteiger partial charge on any atom is -0.462 e. The van der Waals surface area contributed by atoms with Gasteiger partial charge in [-0.3, -0.25) is 23.4 Å². The largest absolute Gasteiger partial charge is 0.472 e. The molecular formula is C62H111O11P. The van der Waals surface area contributed by atoms with E-state index in [2.05, 4.69) is 81.5 Å². The predicted molar refractivity (Wildman–Crippen MR) is 307 cm³/mol. The standard InChI is InChI=1S/C62H111O11P/c1-4-7-10-13-16-19-22-25-28-29-32-35-38-41-44-47-50-53-62(66)73-59(55-69-60(64)51-48-45-42-39-36-33-30-26-23-20-17-14-11-8-5-2)57-71-74(67,68)70-56-58(54-63)72-61(65)52-49-46-43-40-37-34-31-27-24-21-18-15-12-9-6-3/h9,12,16,18-19,21,25,27-28,31,58-59,63H,4-8,10-11,13-15,17,20,22-24,26,29-30,32-57H2,1-3H3,(H,67,68)/b12-9-,19-16-,21-18-,28-25-,31-27-. The van der Waals surface area contributed by atoms with Gasteiger partial charge < -0.3 is 24.2 Å². The summed E-state index contributed by atoms with van der Waals surface area (Å²) in [5, 5.41) is 9.82. The Labute approximate surface area is 453 Å². The maximum absolute atomic E-state index is 12.9. The summed E-state index contributed by atoms with van der Waals surface area (Å²) in [4.78, 5) is 48.6. The molecule has 0 saturated heterocycles. The lowest BCUT2D eigenvalue weighted by molar-refractivity contribution is -0.161. The van der Waals surface area contributed by atoms with Crippen molar-refractivity contribution in [3.63, 3.8) is 0 Å². The fraction of sp³-hybridized carbons (Fsp3) is 0.790. The van der Waals surface area contributed by atoms with Gasteiger partial charge in [-0.1, -0.05) is 236 Å². The van der Waals surface area contributed by atoms with Crippen molar-refractivity contribution in [2.75, 3.05) is 26.4 Å². The zero-order valence-electron chi connectivity index (χ0n) is 47.6. The van der Waals surface area contributed by atoms with E-state index >= 15 is 0 Å². The minimum atomic E-state index is -4.75. The van der Waals surface area contributed by atoms with Gasteiger partial charge in [-0.15, -0.1) is 0 Å². The average molecular weight is 1060 g/mol. The third-order valence-electron chi connectivity index (χ3n) is 12.9. The zero-order valence-corrected chi connectivity index (χ0v) is 48.5. The molecule has 3 atom stereocenters. The predicted octanol–water partition coefficient (Wildman–Crippen LogP) is 17.9. The number of ether oxygens (including phenoxy) is 3. The summed E-state index contributed by atoms with van der Waals surface area (Å²) in [6.07, 6.45) is 61.7. The highest BCUT2D eigenvalue weighted by molar-refractivity contribution is 7.47. The van der Waals surface area contributed by atoms with E-state index in [9.17, 15) is 28.9 Å². The van der Waals surface area contributed by atoms with Gasteiger partial charge >= 0.3 is 25.7 Å². The van der Waals surface area contributed by atoms with Crippen molar-refractivity contribution < 1.29 is 52.2 Å². The molecule has 0 bridgehead atoms. The number of carbonyl (C=O) groups excluding carboxylic acids is 3. The highest BCUT2D eigenvalue weighted by Crippen LogP contribution is 2.43. The summed E-state index contributed by atoms with van der Waals surface area (Å²) in [5.41, 5.74) is 0. The third kappa shape index (κ3) is 54.0. The highest BCUT2D eigenvalue weighted by atomic mass is 31.2. The van der Waals surface area contributed by atoms with Crippen LogP contribution in [0.25, 0.3) is 0 Å². The van der Waals surface area contributed by atoms with Crippen LogP contribution in [-0.2, 0) is 42.2 Å². The van der Waals surface area contributed by atoms with Crippen molar-refractivity contribution in [1.82, 2.24) is 0 Å². The molecule has 0 aromatic rings. The lowest BCUT2D eigenvalue weighted by Crippen LogP contribution is -2.30. The van der Waals surface area contributed by atoms with Crippen LogP contribution < -0.4 is 0 Å². The van der Waals surface area contributed by atoms with Gasteiger partial charge in [0.15, 0.2) is 6.10 Å². The molecule has 0 amide bonds. The summed E-state index contributed by atoms with van der Waals surface area (Å²) in [7, 11) is -4.75. The first-order valence-corrected chi connectivity index (χ1v) is 31.7. The molecule has 0 aromatic heterocycles. The lowest BCUT2D eigenvalue weighted by Gasteiger charge is -2.21. The number of aliphatic hydroxyl groups excluding tert-OH is 1. The molecule has 0 rings (SSSR count). The number of rotatable bonds is 56. The van der Waals surface area contributed by atoms with Crippen molar-refractivity contribution in [1.29, 1.82) is 0 Å². The SMILES string of the molecule is CC/C=C\C/C=C\C/C=C\CCCCCCCC(=O)OC(CO)COP(=O)(O)OCC(COC(=O)CCCCCCCCCCCCCCCCC)OC(=O)CCCCCCCCC/C=C\C/C=C\CCCCC. The quantitative estimate of drug-likeness (QED) is 0.0197. The molecule has 11 nitrogen and oxygen atoms in total. The Morgan fingerprint density at radius 1 is 0.392 bits per heavy atom. The molecule has 3 unspecified atom stereocenters. The number of hydrogen-bond acceptors (Lipinski definition) is 10. The number of carbonyl (C=O) groups is 3. The second-order valence-corrected chi connectivity index (χ2v) is 21.6. The maximum atomic E-state index is 12.9. The van der Waals surface area contributed by atoms with Crippen molar-refractivity contribution in [3.05, 3.63) is 60.8 Å². The molecular weight excluding hydrogens is 952 g/mol. The van der Waals surface area contributed by atoms with E-state index < -0.39 is 57.8 Å². The molecule has 0 aliphatic heterocycles. The Morgan fingerprint density at radius 3 is 1.11 bits per heavy atom. The van der Waals surface area contributed by atoms with Gasteiger partial charge in [-0.25, -0.2) is 4.57 Å². The van der Waals surface area contributed by atoms with Gasteiger partial charge in [0.25, 0.3) is 0 Å². The van der Waals surface area contributed by atoms with Crippen molar-refractivity contribution in [2.45, 2.75) is 290 Å². The van der Waals surface area contributed by atoms with E-state index in [1.807, 2.05) is 0 Å². The first kappa shape index (κ1) is 71.2. The van der Waals surface area contributed by atoms with E-state index in [0.29, 0.717) is 19.3 Å². The Balaban J connectivity index is 4.72. The van der Waals surface area contributed by atoms with Crippen LogP contribution in [0.3, 0.4) is 0 Å². The average Bonchev–Trinajstić information content (AvgIpc) is 3.39. The molecule has 0 aliphatic carbocycles. The topological polar surface area (TPSA) is 155 Å². The second kappa shape index (κ2) is 56.4. The summed E-state index contributed by atoms with van der Waals surface area (Å²) < 4.78 is 39.6. The van der Waals surface area contributed by atoms with E-state index in [4.69, 9.17) is 23.3 Å². The first-order chi connectivity index (χ1) is 36.2. The zero-order chi connectivity index (χ0) is 54.1. The van der Waals surface area contributed by atoms with Gasteiger partial charge in [0.2, 0.25) is 0 Å². The van der Waals surface area contributed by atoms with Gasteiger partial charge in [0, 0.05) is 19.3 Å². The Bertz CT molecular complexity index is 1470. The van der Waals surface area contributed by atoms with Gasteiger partial charge in [-0.2, -0.15) is 0 Å². The van der Waals surface area contributed by atoms with Crippen LogP contribution in [0.15, 0.2) is 60.8 Å². The van der Waals surface area contributed by atoms with Crippen LogP contribution in [0.4, 0.5) is 0 Å². The smallest absolute Gasteiger partial charge is 0.462 e. The Kier molecular flexibility index (Phi) is 54.2. The summed E-state index contributed by atoms with van der Waals surface area (Å²) in [6.45, 7) is 4.52. The number of phosphoric acid groups is 1. The van der Waals surface area contributed by atoms with Gasteiger partial charge in [-0.05, 0) is 83.5 Å². The monoisotopic (exact) mass is 1060 g/mol. The molecule has 0 spiro atoms. The van der Waals surface area contributed by atoms with Crippen LogP contribution in [0.5, 0.6) is 0 Å². The van der Waals surface area contributed by atoms with Crippen LogP contribution in [0, 0.1) is 0 Å². The van der Waals surface area contributed by atoms with Gasteiger partial charge in [0.05, 0.1) is 19.8 Å². The van der Waals surface area contributed by atoms with Crippen LogP contribution in [0.2, 0.25) is 0 Å². The number of hydrogen-bond donors (Lipinski definition) is 2. The fourth-order valence-electron chi connectivity index (χ4n) is 8.34. The summed E-state index contributed by atoms with van der Waals surface area (Å²) >= 11 is 0. The van der Waals surface area contributed by atoms with E-state index in [0.717, 1.165) is 109 Å². The maximum Gasteiger partial charge on any atom is 0.472 e. The molecule has 0 saturated carbocycles. The molecule has 12 heteroatoms. The second-order valence-electron chi connectivity index (χ2n) is 20.1. The summed E-state index contributed by atoms with van der Waals surface area (Å²) in [6, 6.07) is 0. The molecule has 430 valence electrons. The van der Waals surface area contributed by atoms with Crippen LogP contribution >= 0.6 is 7.82 Å². The molecule has 74 heavy (non-hydrogen) atoms. The Hall–Kier alpha value is -2.82. The third-order valence-corrected chi connectivity index (χ3v) is 13.9. The Morgan fingerprint density at radius 2 is 0.703 bits per heavy atom. The van der Waals surface area contributed by atoms with Crippen LogP contribution in [-0.4, -0.2) is 66.5 Å². The molecule has 0 fully saturated rings. The van der Waals surface area contributed by atoms with Crippen molar-refractivity contribution in [2.24, 2.45) is 0 Å². The van der Waals surface area contributed by atoms with E-state index in [-0.39, 0.29) is 25.9 Å². The van der Waals surface area contributed by atoms with Crippen molar-refractivity contribution in [3.8, 4) is 0 Å². The summed E-state index contributed by atoms with van der Waals surface area (Å²) in [5.74, 6) is -1.48. The van der Waals surface area contributed by atoms with Gasteiger partial charge in [0.1, 0.15) is 12.7 Å². The minimum absolute atomic E-state index is 0.157. The number of aliphatic hydroxyl groups is 1. The number of phosphoric ester groups is 1. The first-order valence-electron chi connectivity index (χ1n) is 30.2. The molecule has 0 radical (unpaired) electrons. The fourth-order valence-corrected chi connectivity index (χ4v) is 9.13. The van der Waals surface area contributed by atoms with Crippen LogP contribution in [0.1, 0.15) is 278 Å². The van der Waals surface area contributed by atoms with Crippen molar-refractivity contribution >= 4 is 25.7 Å². The number of unbranched alkanes of at least 4 members (excludes halogenated alkanes) is 29. The normalized spacial score (nSPS) is 13.7. The molecule has 2 N–H and O–H groups in total. The molecule has 0 aromatic carbocycles. The highest BCUT2D eigenvalue weighted by Gasteiger charge is 2.28. The molecule has 0 aliphatic rings. The lowest BCUT2D eigenvalue weighted by atomic mass is 10.0. The number of esters is 3. The van der Waals surface area contributed by atoms with E-state index in [1.54, 1.807) is 0 Å². The van der Waals surface area contributed by atoms with E-state index in [1.165, 1.54) is 109 Å².